The Labute approximate surface area is 179 Å². The highest BCUT2D eigenvalue weighted by atomic mass is 32.2. The summed E-state index contributed by atoms with van der Waals surface area (Å²) in [5.74, 6) is -0.291. The zero-order valence-corrected chi connectivity index (χ0v) is 18.7. The third-order valence-corrected chi connectivity index (χ3v) is 7.32. The lowest BCUT2D eigenvalue weighted by molar-refractivity contribution is -0.123. The Balaban J connectivity index is 1.50. The van der Waals surface area contributed by atoms with Gasteiger partial charge in [0.15, 0.2) is 0 Å². The molecule has 6 nitrogen and oxygen atoms in total. The Morgan fingerprint density at radius 2 is 1.60 bits per heavy atom. The molecule has 7 heteroatoms. The number of benzene rings is 2. The van der Waals surface area contributed by atoms with Crippen LogP contribution in [0, 0.1) is 6.92 Å². The van der Waals surface area contributed by atoms with E-state index in [9.17, 15) is 13.2 Å². The Hall–Kier alpha value is -2.22. The fourth-order valence-corrected chi connectivity index (χ4v) is 4.97. The summed E-state index contributed by atoms with van der Waals surface area (Å²) >= 11 is 0. The molecule has 2 N–H and O–H groups in total. The minimum Gasteiger partial charge on any atom is -0.352 e. The van der Waals surface area contributed by atoms with E-state index in [2.05, 4.69) is 46.1 Å². The van der Waals surface area contributed by atoms with Gasteiger partial charge in [-0.1, -0.05) is 48.0 Å². The van der Waals surface area contributed by atoms with Crippen molar-refractivity contribution in [3.05, 3.63) is 65.7 Å². The average Bonchev–Trinajstić information content (AvgIpc) is 2.74. The highest BCUT2D eigenvalue weighted by Gasteiger charge is 2.27. The maximum atomic E-state index is 12.6. The number of aryl methyl sites for hydroxylation is 1. The summed E-state index contributed by atoms with van der Waals surface area (Å²) in [5, 5.41) is 3.01. The lowest BCUT2D eigenvalue weighted by Gasteiger charge is -2.36. The maximum Gasteiger partial charge on any atom is 0.241 e. The van der Waals surface area contributed by atoms with Crippen molar-refractivity contribution in [1.29, 1.82) is 0 Å². The van der Waals surface area contributed by atoms with E-state index in [1.54, 1.807) is 31.2 Å². The summed E-state index contributed by atoms with van der Waals surface area (Å²) in [6.45, 7) is 7.46. The van der Waals surface area contributed by atoms with E-state index in [4.69, 9.17) is 0 Å². The van der Waals surface area contributed by atoms with Gasteiger partial charge in [0.1, 0.15) is 0 Å². The first-order chi connectivity index (χ1) is 14.3. The number of amides is 1. The average molecular weight is 430 g/mol. The van der Waals surface area contributed by atoms with Crippen molar-refractivity contribution in [2.45, 2.75) is 56.6 Å². The van der Waals surface area contributed by atoms with Crippen LogP contribution in [0.15, 0.2) is 59.5 Å². The monoisotopic (exact) mass is 429 g/mol. The number of nitrogens with zero attached hydrogens (tertiary/aromatic N) is 1. The van der Waals surface area contributed by atoms with E-state index in [0.29, 0.717) is 6.04 Å². The van der Waals surface area contributed by atoms with Gasteiger partial charge in [0.05, 0.1) is 10.9 Å². The van der Waals surface area contributed by atoms with Crippen LogP contribution in [0.25, 0.3) is 0 Å². The van der Waals surface area contributed by atoms with Crippen LogP contribution >= 0.6 is 0 Å². The lowest BCUT2D eigenvalue weighted by Crippen LogP contribution is -2.51. The smallest absolute Gasteiger partial charge is 0.241 e. The van der Waals surface area contributed by atoms with Crippen LogP contribution in [0.3, 0.4) is 0 Å². The molecule has 0 saturated carbocycles. The molecule has 2 atom stereocenters. The molecule has 0 aromatic heterocycles. The number of piperidine rings is 1. The molecule has 1 saturated heterocycles. The standard InChI is InChI=1S/C23H31N3O3S/c1-17-9-11-22(12-10-17)30(28,29)25-18(2)23(27)24-21-13-15-26(16-14-21)19(3)20-7-5-4-6-8-20/h4-12,18-19,21,25H,13-16H2,1-3H3,(H,24,27)/t18-,19?/m0/s1. The number of likely N-dealkylation sites (tertiary alicyclic amines) is 1. The second-order valence-electron chi connectivity index (χ2n) is 8.06. The first-order valence-corrected chi connectivity index (χ1v) is 11.9. The molecule has 162 valence electrons. The van der Waals surface area contributed by atoms with E-state index in [0.717, 1.165) is 31.5 Å². The van der Waals surface area contributed by atoms with Crippen molar-refractivity contribution >= 4 is 15.9 Å². The summed E-state index contributed by atoms with van der Waals surface area (Å²) in [5.41, 5.74) is 2.27. The van der Waals surface area contributed by atoms with Gasteiger partial charge < -0.3 is 5.32 Å². The number of nitrogens with one attached hydrogen (secondary N) is 2. The predicted octanol–water partition coefficient (Wildman–Crippen LogP) is 3.00. The van der Waals surface area contributed by atoms with Crippen molar-refractivity contribution in [1.82, 2.24) is 14.9 Å². The number of hydrogen-bond donors (Lipinski definition) is 2. The molecule has 30 heavy (non-hydrogen) atoms. The molecule has 0 radical (unpaired) electrons. The zero-order chi connectivity index (χ0) is 21.7. The topological polar surface area (TPSA) is 78.5 Å². The molecule has 1 amide bonds. The molecular weight excluding hydrogens is 398 g/mol. The Kier molecular flexibility index (Phi) is 7.28. The summed E-state index contributed by atoms with van der Waals surface area (Å²) < 4.78 is 27.5. The number of hydrogen-bond acceptors (Lipinski definition) is 4. The van der Waals surface area contributed by atoms with Gasteiger partial charge in [-0.3, -0.25) is 9.69 Å². The molecular formula is C23H31N3O3S. The van der Waals surface area contributed by atoms with Crippen molar-refractivity contribution < 1.29 is 13.2 Å². The molecule has 0 spiro atoms. The summed E-state index contributed by atoms with van der Waals surface area (Å²) in [6, 6.07) is 16.5. The van der Waals surface area contributed by atoms with Gasteiger partial charge >= 0.3 is 0 Å². The molecule has 1 heterocycles. The van der Waals surface area contributed by atoms with Gasteiger partial charge in [-0.25, -0.2) is 8.42 Å². The molecule has 1 unspecified atom stereocenters. The summed E-state index contributed by atoms with van der Waals surface area (Å²) in [4.78, 5) is 15.1. The van der Waals surface area contributed by atoms with Gasteiger partial charge in [-0.05, 0) is 51.3 Å². The van der Waals surface area contributed by atoms with E-state index >= 15 is 0 Å². The van der Waals surface area contributed by atoms with E-state index in [-0.39, 0.29) is 16.8 Å². The van der Waals surface area contributed by atoms with Gasteiger partial charge in [-0.15, -0.1) is 0 Å². The van der Waals surface area contributed by atoms with Crippen LogP contribution in [0.1, 0.15) is 43.9 Å². The highest BCUT2D eigenvalue weighted by Crippen LogP contribution is 2.24. The third kappa shape index (κ3) is 5.68. The molecule has 3 rings (SSSR count). The van der Waals surface area contributed by atoms with Crippen LogP contribution in [0.5, 0.6) is 0 Å². The Morgan fingerprint density at radius 3 is 2.20 bits per heavy atom. The fourth-order valence-electron chi connectivity index (χ4n) is 3.77. The molecule has 2 aromatic rings. The van der Waals surface area contributed by atoms with E-state index in [1.807, 2.05) is 13.0 Å². The second kappa shape index (κ2) is 9.73. The first kappa shape index (κ1) is 22.5. The number of carbonyl (C=O) groups excluding carboxylic acids is 1. The highest BCUT2D eigenvalue weighted by molar-refractivity contribution is 7.89. The maximum absolute atomic E-state index is 12.6. The first-order valence-electron chi connectivity index (χ1n) is 10.4. The van der Waals surface area contributed by atoms with Crippen LogP contribution in [-0.4, -0.2) is 44.4 Å². The van der Waals surface area contributed by atoms with Crippen molar-refractivity contribution in [3.8, 4) is 0 Å². The van der Waals surface area contributed by atoms with Crippen molar-refractivity contribution in [2.75, 3.05) is 13.1 Å². The normalized spacial score (nSPS) is 18.0. The predicted molar refractivity (Wildman–Crippen MR) is 119 cm³/mol. The molecule has 1 aliphatic heterocycles. The van der Waals surface area contributed by atoms with Gasteiger partial charge in [0, 0.05) is 25.2 Å². The Bertz CT molecular complexity index is 937. The molecule has 2 aromatic carbocycles. The fraction of sp³-hybridized carbons (Fsp3) is 0.435. The van der Waals surface area contributed by atoms with Crippen LogP contribution in [-0.2, 0) is 14.8 Å². The molecule has 1 aliphatic rings. The summed E-state index contributed by atoms with van der Waals surface area (Å²) in [6.07, 6.45) is 1.70. The zero-order valence-electron chi connectivity index (χ0n) is 17.8. The quantitative estimate of drug-likeness (QED) is 0.709. The number of rotatable bonds is 7. The van der Waals surface area contributed by atoms with Gasteiger partial charge in [0.2, 0.25) is 15.9 Å². The molecule has 1 fully saturated rings. The molecule has 0 bridgehead atoms. The molecule has 0 aliphatic carbocycles. The van der Waals surface area contributed by atoms with E-state index in [1.165, 1.54) is 5.56 Å². The number of carbonyl (C=O) groups is 1. The minimum atomic E-state index is -3.73. The lowest BCUT2D eigenvalue weighted by atomic mass is 10.00. The minimum absolute atomic E-state index is 0.0584. The van der Waals surface area contributed by atoms with Crippen molar-refractivity contribution in [3.63, 3.8) is 0 Å². The van der Waals surface area contributed by atoms with Crippen LogP contribution in [0.2, 0.25) is 0 Å². The Morgan fingerprint density at radius 1 is 1.00 bits per heavy atom. The van der Waals surface area contributed by atoms with E-state index < -0.39 is 16.1 Å². The number of sulfonamides is 1. The van der Waals surface area contributed by atoms with Crippen LogP contribution < -0.4 is 10.0 Å². The largest absolute Gasteiger partial charge is 0.352 e. The summed E-state index contributed by atoms with van der Waals surface area (Å²) in [7, 11) is -3.73. The van der Waals surface area contributed by atoms with Crippen LogP contribution in [0.4, 0.5) is 0 Å². The second-order valence-corrected chi connectivity index (χ2v) is 9.78. The van der Waals surface area contributed by atoms with Gasteiger partial charge in [0.25, 0.3) is 0 Å². The van der Waals surface area contributed by atoms with Crippen molar-refractivity contribution in [2.24, 2.45) is 0 Å². The SMILES string of the molecule is Cc1ccc(S(=O)(=O)N[C@@H](C)C(=O)NC2CCN(C(C)c3ccccc3)CC2)cc1. The third-order valence-electron chi connectivity index (χ3n) is 5.76. The van der Waals surface area contributed by atoms with Gasteiger partial charge in [-0.2, -0.15) is 4.72 Å².